The molecule has 1 aliphatic carbocycles. The van der Waals surface area contributed by atoms with E-state index >= 15 is 0 Å². The summed E-state index contributed by atoms with van der Waals surface area (Å²) in [5, 5.41) is 15.6. The van der Waals surface area contributed by atoms with E-state index < -0.39 is 12.0 Å². The molecular weight excluding hydrogens is 404 g/mol. The van der Waals surface area contributed by atoms with Crippen LogP contribution < -0.4 is 10.6 Å². The highest BCUT2D eigenvalue weighted by Gasteiger charge is 2.21. The number of nitrogens with zero attached hydrogens (tertiary/aromatic N) is 2. The van der Waals surface area contributed by atoms with E-state index in [1.165, 1.54) is 11.1 Å². The van der Waals surface area contributed by atoms with Gasteiger partial charge in [0.1, 0.15) is 5.82 Å². The highest BCUT2D eigenvalue weighted by molar-refractivity contribution is 5.77. The van der Waals surface area contributed by atoms with Gasteiger partial charge in [0.15, 0.2) is 0 Å². The lowest BCUT2D eigenvalue weighted by atomic mass is 9.93. The summed E-state index contributed by atoms with van der Waals surface area (Å²) in [6.07, 6.45) is 10.8. The third-order valence-corrected chi connectivity index (χ3v) is 6.35. The number of pyridine rings is 2. The number of carboxylic acids is 1. The minimum absolute atomic E-state index is 0.117. The fraction of sp³-hybridized carbons (Fsp3) is 0.520. The number of hydrogen-bond donors (Lipinski definition) is 3. The topological polar surface area (TPSA) is 104 Å². The number of carbonyl (C=O) groups excluding carboxylic acids is 1. The van der Waals surface area contributed by atoms with Crippen LogP contribution in [0.25, 0.3) is 0 Å². The average molecular weight is 437 g/mol. The predicted molar refractivity (Wildman–Crippen MR) is 123 cm³/mol. The Hall–Kier alpha value is -2.96. The summed E-state index contributed by atoms with van der Waals surface area (Å²) in [6.45, 7) is 0.973. The Morgan fingerprint density at radius 1 is 1.09 bits per heavy atom. The molecule has 0 fully saturated rings. The zero-order chi connectivity index (χ0) is 22.3. The Balaban J connectivity index is 1.28. The minimum atomic E-state index is -0.930. The lowest BCUT2D eigenvalue weighted by Crippen LogP contribution is -2.30. The van der Waals surface area contributed by atoms with E-state index in [9.17, 15) is 14.7 Å². The third-order valence-electron chi connectivity index (χ3n) is 6.35. The van der Waals surface area contributed by atoms with Crippen LogP contribution in [0.1, 0.15) is 79.1 Å². The molecule has 2 aromatic rings. The van der Waals surface area contributed by atoms with Crippen LogP contribution in [0.5, 0.6) is 0 Å². The van der Waals surface area contributed by atoms with Gasteiger partial charge in [-0.3, -0.25) is 14.6 Å². The molecule has 0 radical (unpaired) electrons. The molecule has 0 saturated carbocycles. The first-order valence-electron chi connectivity index (χ1n) is 11.8. The van der Waals surface area contributed by atoms with Crippen molar-refractivity contribution in [2.75, 3.05) is 11.9 Å². The molecule has 0 saturated heterocycles. The maximum atomic E-state index is 12.5. The zero-order valence-corrected chi connectivity index (χ0v) is 18.5. The number of rotatable bonds is 9. The lowest BCUT2D eigenvalue weighted by Gasteiger charge is -2.21. The number of fused-ring (bicyclic) bond motifs is 2. The van der Waals surface area contributed by atoms with Crippen LogP contribution in [0.15, 0.2) is 24.4 Å². The average Bonchev–Trinajstić information content (AvgIpc) is 2.80. The van der Waals surface area contributed by atoms with Crippen molar-refractivity contribution in [3.05, 3.63) is 52.5 Å². The largest absolute Gasteiger partial charge is 0.481 e. The van der Waals surface area contributed by atoms with Gasteiger partial charge in [-0.05, 0) is 80.5 Å². The summed E-state index contributed by atoms with van der Waals surface area (Å²) in [5.74, 6) is -0.0455. The number of unbranched alkanes of at least 4 members (excludes halogenated alkanes) is 1. The Bertz CT molecular complexity index is 976. The molecule has 0 unspecified atom stereocenters. The summed E-state index contributed by atoms with van der Waals surface area (Å²) in [6, 6.07) is 5.72. The quantitative estimate of drug-likeness (QED) is 0.517. The summed E-state index contributed by atoms with van der Waals surface area (Å²) in [4.78, 5) is 33.2. The minimum Gasteiger partial charge on any atom is -0.481 e. The molecule has 32 heavy (non-hydrogen) atoms. The number of carbonyl (C=O) groups is 2. The van der Waals surface area contributed by atoms with Crippen molar-refractivity contribution >= 4 is 17.7 Å². The molecule has 3 N–H and O–H groups in total. The van der Waals surface area contributed by atoms with Gasteiger partial charge >= 0.3 is 5.97 Å². The van der Waals surface area contributed by atoms with E-state index in [0.29, 0.717) is 6.42 Å². The number of carboxylic acid groups (broad SMARTS) is 1. The second-order valence-electron chi connectivity index (χ2n) is 8.85. The van der Waals surface area contributed by atoms with E-state index in [0.717, 1.165) is 87.1 Å². The first kappa shape index (κ1) is 22.2. The number of aliphatic carboxylic acids is 1. The van der Waals surface area contributed by atoms with Crippen molar-refractivity contribution in [3.63, 3.8) is 0 Å². The van der Waals surface area contributed by atoms with Crippen molar-refractivity contribution in [1.29, 1.82) is 0 Å². The summed E-state index contributed by atoms with van der Waals surface area (Å²) in [5.41, 5.74) is 5.40. The number of aromatic nitrogens is 2. The van der Waals surface area contributed by atoms with Gasteiger partial charge < -0.3 is 15.7 Å². The van der Waals surface area contributed by atoms with Crippen LogP contribution in [-0.4, -0.2) is 33.5 Å². The Labute approximate surface area is 189 Å². The summed E-state index contributed by atoms with van der Waals surface area (Å²) < 4.78 is 0. The van der Waals surface area contributed by atoms with Crippen LogP contribution in [-0.2, 0) is 35.3 Å². The predicted octanol–water partition coefficient (Wildman–Crippen LogP) is 3.76. The molecular formula is C25H32N4O3. The van der Waals surface area contributed by atoms with E-state index in [1.54, 1.807) is 6.20 Å². The van der Waals surface area contributed by atoms with Crippen molar-refractivity contribution in [2.24, 2.45) is 0 Å². The number of anilines is 1. The fourth-order valence-corrected chi connectivity index (χ4v) is 4.59. The van der Waals surface area contributed by atoms with Gasteiger partial charge in [0.2, 0.25) is 5.91 Å². The first-order chi connectivity index (χ1) is 15.6. The maximum absolute atomic E-state index is 12.5. The molecule has 3 heterocycles. The van der Waals surface area contributed by atoms with Crippen LogP contribution in [0, 0.1) is 0 Å². The molecule has 170 valence electrons. The van der Waals surface area contributed by atoms with Gasteiger partial charge in [-0.25, -0.2) is 4.98 Å². The van der Waals surface area contributed by atoms with Crippen molar-refractivity contribution in [3.8, 4) is 0 Å². The van der Waals surface area contributed by atoms with E-state index in [2.05, 4.69) is 27.8 Å². The van der Waals surface area contributed by atoms with Gasteiger partial charge in [0, 0.05) is 30.6 Å². The normalized spacial score (nSPS) is 15.8. The number of hydrogen-bond acceptors (Lipinski definition) is 5. The van der Waals surface area contributed by atoms with Crippen molar-refractivity contribution in [1.82, 2.24) is 15.3 Å². The molecule has 2 aliphatic rings. The van der Waals surface area contributed by atoms with Gasteiger partial charge in [-0.2, -0.15) is 0 Å². The zero-order valence-electron chi connectivity index (χ0n) is 18.5. The highest BCUT2D eigenvalue weighted by Crippen LogP contribution is 2.25. The SMILES string of the molecule is O=C(O)C[C@H](NC(=O)CCCCc1ccc2c(n1)NCCC2)c1cnc2c(c1)CCCC2. The molecule has 0 bridgehead atoms. The summed E-state index contributed by atoms with van der Waals surface area (Å²) in [7, 11) is 0. The van der Waals surface area contributed by atoms with E-state index in [1.807, 2.05) is 6.07 Å². The van der Waals surface area contributed by atoms with Gasteiger partial charge in [-0.1, -0.05) is 12.1 Å². The number of nitrogens with one attached hydrogen (secondary N) is 2. The maximum Gasteiger partial charge on any atom is 0.305 e. The smallest absolute Gasteiger partial charge is 0.305 e. The molecule has 2 aromatic heterocycles. The molecule has 7 heteroatoms. The second kappa shape index (κ2) is 10.6. The van der Waals surface area contributed by atoms with Gasteiger partial charge in [0.25, 0.3) is 0 Å². The molecule has 1 amide bonds. The molecule has 7 nitrogen and oxygen atoms in total. The highest BCUT2D eigenvalue weighted by atomic mass is 16.4. The van der Waals surface area contributed by atoms with Crippen LogP contribution in [0.4, 0.5) is 5.82 Å². The lowest BCUT2D eigenvalue weighted by molar-refractivity contribution is -0.137. The Morgan fingerprint density at radius 2 is 1.94 bits per heavy atom. The Kier molecular flexibility index (Phi) is 7.35. The standard InChI is InChI=1S/C25H32N4O3/c30-23(10-4-2-8-20-12-11-17-7-5-13-26-25(17)28-20)29-22(15-24(31)32)19-14-18-6-1-3-9-21(18)27-16-19/h11-12,14,16,22H,1-10,13,15H2,(H,26,28)(H,29,30)(H,31,32)/t22-/m0/s1. The summed E-state index contributed by atoms with van der Waals surface area (Å²) >= 11 is 0. The van der Waals surface area contributed by atoms with Gasteiger partial charge in [-0.15, -0.1) is 0 Å². The van der Waals surface area contributed by atoms with E-state index in [4.69, 9.17) is 4.98 Å². The monoisotopic (exact) mass is 436 g/mol. The molecule has 4 rings (SSSR count). The number of amides is 1. The molecule has 1 atom stereocenters. The van der Waals surface area contributed by atoms with E-state index in [-0.39, 0.29) is 12.3 Å². The van der Waals surface area contributed by atoms with Crippen LogP contribution in [0.3, 0.4) is 0 Å². The fourth-order valence-electron chi connectivity index (χ4n) is 4.59. The second-order valence-corrected chi connectivity index (χ2v) is 8.85. The molecule has 0 aromatic carbocycles. The van der Waals surface area contributed by atoms with Gasteiger partial charge in [0.05, 0.1) is 12.5 Å². The van der Waals surface area contributed by atoms with Crippen molar-refractivity contribution < 1.29 is 14.7 Å². The molecule has 1 aliphatic heterocycles. The van der Waals surface area contributed by atoms with Crippen LogP contribution >= 0.6 is 0 Å². The number of aryl methyl sites for hydroxylation is 4. The molecule has 0 spiro atoms. The third kappa shape index (κ3) is 5.84. The van der Waals surface area contributed by atoms with Crippen molar-refractivity contribution in [2.45, 2.75) is 76.7 Å². The van der Waals surface area contributed by atoms with Crippen LogP contribution in [0.2, 0.25) is 0 Å². The first-order valence-corrected chi connectivity index (χ1v) is 11.8. The Morgan fingerprint density at radius 3 is 2.81 bits per heavy atom.